The number of rotatable bonds is 7. The molecule has 0 saturated carbocycles. The van der Waals surface area contributed by atoms with Gasteiger partial charge in [-0.05, 0) is 73.2 Å². The molecule has 0 bridgehead atoms. The molecular formula is C28H32N2O4S. The zero-order valence-corrected chi connectivity index (χ0v) is 21.5. The third kappa shape index (κ3) is 5.20. The molecule has 35 heavy (non-hydrogen) atoms. The van der Waals surface area contributed by atoms with Gasteiger partial charge in [0.15, 0.2) is 6.10 Å². The van der Waals surface area contributed by atoms with Gasteiger partial charge in [-0.15, -0.1) is 0 Å². The number of nitrogens with one attached hydrogen (secondary N) is 1. The van der Waals surface area contributed by atoms with Crippen LogP contribution in [0.1, 0.15) is 41.7 Å². The van der Waals surface area contributed by atoms with Crippen LogP contribution in [0.5, 0.6) is 5.75 Å². The fourth-order valence-electron chi connectivity index (χ4n) is 4.27. The Morgan fingerprint density at radius 2 is 1.66 bits per heavy atom. The SMILES string of the molecule is CCc1ccc(CC)c(CNC(=O)C2CN(S(=O)(=O)c3ccc(C)cc3)c3cc(C)ccc3O2)c1. The molecule has 7 heteroatoms. The number of carbonyl (C=O) groups excluding carboxylic acids is 1. The maximum Gasteiger partial charge on any atom is 0.264 e. The first-order chi connectivity index (χ1) is 16.7. The van der Waals surface area contributed by atoms with Crippen LogP contribution in [0.25, 0.3) is 0 Å². The molecule has 1 atom stereocenters. The number of carbonyl (C=O) groups is 1. The second kappa shape index (κ2) is 10.1. The number of benzene rings is 3. The first kappa shape index (κ1) is 24.8. The van der Waals surface area contributed by atoms with E-state index in [-0.39, 0.29) is 17.3 Å². The zero-order valence-electron chi connectivity index (χ0n) is 20.7. The van der Waals surface area contributed by atoms with Crippen molar-refractivity contribution < 1.29 is 17.9 Å². The summed E-state index contributed by atoms with van der Waals surface area (Å²) in [6, 6.07) is 18.4. The van der Waals surface area contributed by atoms with Crippen LogP contribution in [0.3, 0.4) is 0 Å². The van der Waals surface area contributed by atoms with E-state index in [0.29, 0.717) is 18.0 Å². The standard InChI is InChI=1S/C28H32N2O4S/c1-5-21-10-11-22(6-2)23(16-21)17-29-28(31)27-18-30(25-15-20(4)9-14-26(25)34-27)35(32,33)24-12-7-19(3)8-13-24/h7-16,27H,5-6,17-18H2,1-4H3,(H,29,31). The summed E-state index contributed by atoms with van der Waals surface area (Å²) >= 11 is 0. The van der Waals surface area contributed by atoms with E-state index >= 15 is 0 Å². The van der Waals surface area contributed by atoms with Gasteiger partial charge in [0.2, 0.25) is 0 Å². The van der Waals surface area contributed by atoms with Crippen molar-refractivity contribution in [2.24, 2.45) is 0 Å². The number of ether oxygens (including phenoxy) is 1. The highest BCUT2D eigenvalue weighted by Gasteiger charge is 2.37. The predicted molar refractivity (Wildman–Crippen MR) is 138 cm³/mol. The minimum absolute atomic E-state index is 0.103. The number of fused-ring (bicyclic) bond motifs is 1. The lowest BCUT2D eigenvalue weighted by atomic mass is 10.0. The molecule has 1 heterocycles. The van der Waals surface area contributed by atoms with Crippen molar-refractivity contribution in [2.45, 2.75) is 58.1 Å². The number of hydrogen-bond acceptors (Lipinski definition) is 4. The molecule has 4 rings (SSSR count). The quantitative estimate of drug-likeness (QED) is 0.519. The van der Waals surface area contributed by atoms with Crippen LogP contribution in [-0.2, 0) is 34.2 Å². The van der Waals surface area contributed by atoms with Gasteiger partial charge in [0.25, 0.3) is 15.9 Å². The summed E-state index contributed by atoms with van der Waals surface area (Å²) < 4.78 is 34.5. The van der Waals surface area contributed by atoms with Gasteiger partial charge in [-0.25, -0.2) is 8.42 Å². The van der Waals surface area contributed by atoms with Crippen molar-refractivity contribution in [3.63, 3.8) is 0 Å². The molecule has 0 saturated heterocycles. The monoisotopic (exact) mass is 492 g/mol. The summed E-state index contributed by atoms with van der Waals surface area (Å²) in [5.41, 5.74) is 5.77. The predicted octanol–water partition coefficient (Wildman–Crippen LogP) is 4.70. The van der Waals surface area contributed by atoms with Crippen LogP contribution >= 0.6 is 0 Å². The van der Waals surface area contributed by atoms with Gasteiger partial charge in [0, 0.05) is 6.54 Å². The van der Waals surface area contributed by atoms with Crippen LogP contribution < -0.4 is 14.4 Å². The molecule has 3 aromatic carbocycles. The van der Waals surface area contributed by atoms with E-state index < -0.39 is 16.1 Å². The van der Waals surface area contributed by atoms with E-state index in [9.17, 15) is 13.2 Å². The summed E-state index contributed by atoms with van der Waals surface area (Å²) in [4.78, 5) is 13.4. The van der Waals surface area contributed by atoms with Gasteiger partial charge >= 0.3 is 0 Å². The molecule has 0 radical (unpaired) electrons. The number of nitrogens with zero attached hydrogens (tertiary/aromatic N) is 1. The first-order valence-corrected chi connectivity index (χ1v) is 13.4. The average molecular weight is 493 g/mol. The molecule has 1 amide bonds. The normalized spacial score (nSPS) is 15.3. The molecule has 6 nitrogen and oxygen atoms in total. The average Bonchev–Trinajstić information content (AvgIpc) is 2.86. The Kier molecular flexibility index (Phi) is 7.17. The van der Waals surface area contributed by atoms with Gasteiger partial charge in [0.05, 0.1) is 17.1 Å². The Morgan fingerprint density at radius 3 is 2.34 bits per heavy atom. The lowest BCUT2D eigenvalue weighted by molar-refractivity contribution is -0.127. The van der Waals surface area contributed by atoms with E-state index in [0.717, 1.165) is 29.5 Å². The fraction of sp³-hybridized carbons (Fsp3) is 0.321. The Labute approximate surface area is 208 Å². The van der Waals surface area contributed by atoms with Gasteiger partial charge in [-0.3, -0.25) is 9.10 Å². The van der Waals surface area contributed by atoms with E-state index in [1.807, 2.05) is 19.9 Å². The molecule has 1 aliphatic heterocycles. The summed E-state index contributed by atoms with van der Waals surface area (Å²) in [5.74, 6) is 0.0317. The van der Waals surface area contributed by atoms with Gasteiger partial charge in [-0.1, -0.05) is 55.8 Å². The molecular weight excluding hydrogens is 460 g/mol. The lowest BCUT2D eigenvalue weighted by Crippen LogP contribution is -2.50. The van der Waals surface area contributed by atoms with Gasteiger partial charge in [0.1, 0.15) is 5.75 Å². The fourth-order valence-corrected chi connectivity index (χ4v) is 5.74. The molecule has 184 valence electrons. The molecule has 0 aromatic heterocycles. The minimum Gasteiger partial charge on any atom is -0.476 e. The highest BCUT2D eigenvalue weighted by atomic mass is 32.2. The number of aryl methyl sites for hydroxylation is 4. The summed E-state index contributed by atoms with van der Waals surface area (Å²) in [5, 5.41) is 2.97. The van der Waals surface area contributed by atoms with Crippen molar-refractivity contribution in [3.8, 4) is 5.75 Å². The van der Waals surface area contributed by atoms with Crippen LogP contribution in [0.4, 0.5) is 5.69 Å². The Hall–Kier alpha value is -3.32. The van der Waals surface area contributed by atoms with E-state index in [1.54, 1.807) is 36.4 Å². The summed E-state index contributed by atoms with van der Waals surface area (Å²) in [6.07, 6.45) is 0.813. The van der Waals surface area contributed by atoms with Crippen molar-refractivity contribution in [3.05, 3.63) is 88.5 Å². The minimum atomic E-state index is -3.89. The zero-order chi connectivity index (χ0) is 25.2. The molecule has 0 aliphatic carbocycles. The maximum atomic E-state index is 13.6. The second-order valence-corrected chi connectivity index (χ2v) is 10.8. The van der Waals surface area contributed by atoms with Crippen molar-refractivity contribution in [1.29, 1.82) is 0 Å². The second-order valence-electron chi connectivity index (χ2n) is 8.95. The van der Waals surface area contributed by atoms with Crippen molar-refractivity contribution >= 4 is 21.6 Å². The highest BCUT2D eigenvalue weighted by Crippen LogP contribution is 2.37. The molecule has 1 unspecified atom stereocenters. The Balaban J connectivity index is 1.61. The Bertz CT molecular complexity index is 1330. The van der Waals surface area contributed by atoms with Gasteiger partial charge < -0.3 is 10.1 Å². The molecule has 3 aromatic rings. The van der Waals surface area contributed by atoms with Crippen molar-refractivity contribution in [1.82, 2.24) is 5.32 Å². The first-order valence-electron chi connectivity index (χ1n) is 12.0. The number of sulfonamides is 1. The summed E-state index contributed by atoms with van der Waals surface area (Å²) in [7, 11) is -3.89. The van der Waals surface area contributed by atoms with Crippen LogP contribution in [-0.4, -0.2) is 27.0 Å². The smallest absolute Gasteiger partial charge is 0.264 e. The van der Waals surface area contributed by atoms with Crippen molar-refractivity contribution in [2.75, 3.05) is 10.8 Å². The number of hydrogen-bond donors (Lipinski definition) is 1. The molecule has 0 spiro atoms. The topological polar surface area (TPSA) is 75.7 Å². The summed E-state index contributed by atoms with van der Waals surface area (Å²) in [6.45, 7) is 8.25. The van der Waals surface area contributed by atoms with Crippen LogP contribution in [0, 0.1) is 13.8 Å². The van der Waals surface area contributed by atoms with E-state index in [4.69, 9.17) is 4.74 Å². The molecule has 0 fully saturated rings. The number of anilines is 1. The number of amides is 1. The third-order valence-corrected chi connectivity index (χ3v) is 8.19. The van der Waals surface area contributed by atoms with E-state index in [1.165, 1.54) is 15.4 Å². The van der Waals surface area contributed by atoms with Crippen LogP contribution in [0.2, 0.25) is 0 Å². The van der Waals surface area contributed by atoms with E-state index in [2.05, 4.69) is 37.4 Å². The Morgan fingerprint density at radius 1 is 0.943 bits per heavy atom. The van der Waals surface area contributed by atoms with Gasteiger partial charge in [-0.2, -0.15) is 0 Å². The maximum absolute atomic E-state index is 13.6. The lowest BCUT2D eigenvalue weighted by Gasteiger charge is -2.35. The molecule has 1 N–H and O–H groups in total. The molecule has 1 aliphatic rings. The largest absolute Gasteiger partial charge is 0.476 e. The third-order valence-electron chi connectivity index (χ3n) is 6.40. The highest BCUT2D eigenvalue weighted by molar-refractivity contribution is 7.92. The van der Waals surface area contributed by atoms with Crippen LogP contribution in [0.15, 0.2) is 65.6 Å².